The summed E-state index contributed by atoms with van der Waals surface area (Å²) in [5.41, 5.74) is 7.84. The number of rotatable bonds is 5. The number of nitrogen functional groups attached to an aromatic ring is 1. The first-order valence-electron chi connectivity index (χ1n) is 5.83. The lowest BCUT2D eigenvalue weighted by Gasteiger charge is -2.11. The molecule has 20 heavy (non-hydrogen) atoms. The van der Waals surface area contributed by atoms with Crippen LogP contribution in [0.4, 0.5) is 5.69 Å². The Kier molecular flexibility index (Phi) is 4.14. The van der Waals surface area contributed by atoms with E-state index in [4.69, 9.17) is 10.8 Å². The number of aromatic amines is 1. The summed E-state index contributed by atoms with van der Waals surface area (Å²) >= 11 is 1.23. The molecule has 0 aliphatic carbocycles. The van der Waals surface area contributed by atoms with Gasteiger partial charge in [-0.15, -0.1) is 0 Å². The maximum Gasteiger partial charge on any atom is 0.327 e. The first-order valence-corrected chi connectivity index (χ1v) is 6.82. The van der Waals surface area contributed by atoms with E-state index >= 15 is 0 Å². The number of aliphatic carboxylic acids is 1. The largest absolute Gasteiger partial charge is 0.480 e. The van der Waals surface area contributed by atoms with Gasteiger partial charge in [0.05, 0.1) is 11.0 Å². The maximum absolute atomic E-state index is 11.0. The molecule has 2 rings (SSSR count). The number of aromatic nitrogens is 2. The van der Waals surface area contributed by atoms with Crippen LogP contribution < -0.4 is 11.1 Å². The van der Waals surface area contributed by atoms with Gasteiger partial charge in [0.2, 0.25) is 5.91 Å². The second kappa shape index (κ2) is 5.83. The summed E-state index contributed by atoms with van der Waals surface area (Å²) in [4.78, 5) is 29.3. The molecule has 5 N–H and O–H groups in total. The van der Waals surface area contributed by atoms with Gasteiger partial charge in [-0.05, 0) is 18.2 Å². The molecule has 1 heterocycles. The number of carboxylic acid groups (broad SMARTS) is 1. The van der Waals surface area contributed by atoms with Crippen molar-refractivity contribution < 1.29 is 14.7 Å². The number of carbonyl (C=O) groups excluding carboxylic acids is 1. The molecule has 8 heteroatoms. The average molecular weight is 294 g/mol. The van der Waals surface area contributed by atoms with E-state index in [1.807, 2.05) is 0 Å². The third-order valence-electron chi connectivity index (χ3n) is 2.55. The number of anilines is 1. The third kappa shape index (κ3) is 3.41. The minimum absolute atomic E-state index is 0.185. The number of benzene rings is 1. The van der Waals surface area contributed by atoms with Gasteiger partial charge in [-0.2, -0.15) is 0 Å². The smallest absolute Gasteiger partial charge is 0.327 e. The predicted molar refractivity (Wildman–Crippen MR) is 76.5 cm³/mol. The van der Waals surface area contributed by atoms with Gasteiger partial charge in [-0.25, -0.2) is 9.78 Å². The van der Waals surface area contributed by atoms with E-state index in [1.54, 1.807) is 18.2 Å². The molecule has 1 aromatic carbocycles. The highest BCUT2D eigenvalue weighted by atomic mass is 32.2. The van der Waals surface area contributed by atoms with E-state index in [9.17, 15) is 9.59 Å². The fourth-order valence-electron chi connectivity index (χ4n) is 1.65. The van der Waals surface area contributed by atoms with Crippen molar-refractivity contribution in [3.63, 3.8) is 0 Å². The van der Waals surface area contributed by atoms with Crippen LogP contribution in [0.25, 0.3) is 11.0 Å². The fraction of sp³-hybridized carbons (Fsp3) is 0.250. The van der Waals surface area contributed by atoms with Gasteiger partial charge in [0, 0.05) is 18.4 Å². The molecule has 0 saturated carbocycles. The molecule has 1 atom stereocenters. The number of carboxylic acids is 1. The summed E-state index contributed by atoms with van der Waals surface area (Å²) in [5, 5.41) is 12.0. The van der Waals surface area contributed by atoms with Crippen LogP contribution in [0.2, 0.25) is 0 Å². The predicted octanol–water partition coefficient (Wildman–Crippen LogP) is 0.827. The molecule has 7 nitrogen and oxygen atoms in total. The number of imidazole rings is 1. The molecule has 0 aliphatic heterocycles. The van der Waals surface area contributed by atoms with E-state index in [0.29, 0.717) is 10.8 Å². The van der Waals surface area contributed by atoms with Crippen LogP contribution in [-0.2, 0) is 9.59 Å². The van der Waals surface area contributed by atoms with E-state index < -0.39 is 12.0 Å². The standard InChI is InChI=1S/C12H14N4O3S/c1-6(17)14-10(11(18)19)5-20-12-15-8-3-2-7(13)4-9(8)16-12/h2-4,10H,5,13H2,1H3,(H,14,17)(H,15,16)(H,18,19). The monoisotopic (exact) mass is 294 g/mol. The van der Waals surface area contributed by atoms with Crippen molar-refractivity contribution in [3.05, 3.63) is 18.2 Å². The Balaban J connectivity index is 2.07. The van der Waals surface area contributed by atoms with Gasteiger partial charge in [0.1, 0.15) is 6.04 Å². The Morgan fingerprint density at radius 1 is 1.55 bits per heavy atom. The van der Waals surface area contributed by atoms with E-state index in [1.165, 1.54) is 18.7 Å². The summed E-state index contributed by atoms with van der Waals surface area (Å²) in [6.07, 6.45) is 0. The number of amides is 1. The molecule has 106 valence electrons. The fourth-order valence-corrected chi connectivity index (χ4v) is 2.55. The van der Waals surface area contributed by atoms with Gasteiger partial charge in [0.15, 0.2) is 5.16 Å². The molecule has 0 fully saturated rings. The van der Waals surface area contributed by atoms with E-state index in [0.717, 1.165) is 11.0 Å². The number of hydrogen-bond acceptors (Lipinski definition) is 5. The van der Waals surface area contributed by atoms with Crippen LogP contribution in [0.5, 0.6) is 0 Å². The minimum atomic E-state index is -1.08. The van der Waals surface area contributed by atoms with Gasteiger partial charge in [0.25, 0.3) is 0 Å². The summed E-state index contributed by atoms with van der Waals surface area (Å²) in [6, 6.07) is 4.34. The second-order valence-electron chi connectivity index (χ2n) is 4.22. The topological polar surface area (TPSA) is 121 Å². The van der Waals surface area contributed by atoms with Gasteiger partial charge in [-0.1, -0.05) is 11.8 Å². The number of H-pyrrole nitrogens is 1. The van der Waals surface area contributed by atoms with Gasteiger partial charge >= 0.3 is 5.97 Å². The normalized spacial score (nSPS) is 12.2. The van der Waals surface area contributed by atoms with Crippen molar-refractivity contribution >= 4 is 40.4 Å². The zero-order valence-corrected chi connectivity index (χ0v) is 11.5. The lowest BCUT2D eigenvalue weighted by molar-refractivity contribution is -0.140. The molecular formula is C12H14N4O3S. The number of fused-ring (bicyclic) bond motifs is 1. The van der Waals surface area contributed by atoms with Gasteiger partial charge in [-0.3, -0.25) is 4.79 Å². The molecule has 1 aromatic heterocycles. The van der Waals surface area contributed by atoms with Crippen LogP contribution in [0.3, 0.4) is 0 Å². The van der Waals surface area contributed by atoms with Crippen LogP contribution in [0.1, 0.15) is 6.92 Å². The summed E-state index contributed by atoms with van der Waals surface area (Å²) in [5.74, 6) is -1.27. The Morgan fingerprint density at radius 3 is 2.95 bits per heavy atom. The number of thioether (sulfide) groups is 1. The Labute approximate surface area is 118 Å². The summed E-state index contributed by atoms with van der Waals surface area (Å²) in [7, 11) is 0. The quantitative estimate of drug-likeness (QED) is 0.478. The molecule has 0 saturated heterocycles. The van der Waals surface area contributed by atoms with Crippen LogP contribution >= 0.6 is 11.8 Å². The molecule has 0 spiro atoms. The van der Waals surface area contributed by atoms with Crippen molar-refractivity contribution in [2.45, 2.75) is 18.1 Å². The lowest BCUT2D eigenvalue weighted by Crippen LogP contribution is -2.41. The Bertz CT molecular complexity index is 655. The lowest BCUT2D eigenvalue weighted by atomic mass is 10.3. The van der Waals surface area contributed by atoms with Crippen molar-refractivity contribution in [3.8, 4) is 0 Å². The summed E-state index contributed by atoms with van der Waals surface area (Å²) < 4.78 is 0. The molecule has 0 bridgehead atoms. The molecule has 0 radical (unpaired) electrons. The Morgan fingerprint density at radius 2 is 2.30 bits per heavy atom. The maximum atomic E-state index is 11.0. The zero-order valence-electron chi connectivity index (χ0n) is 10.7. The molecule has 1 unspecified atom stereocenters. The average Bonchev–Trinajstić information content (AvgIpc) is 2.75. The van der Waals surface area contributed by atoms with Gasteiger partial charge < -0.3 is 21.1 Å². The van der Waals surface area contributed by atoms with Crippen LogP contribution in [0, 0.1) is 0 Å². The Hall–Kier alpha value is -2.22. The van der Waals surface area contributed by atoms with Crippen molar-refractivity contribution in [2.75, 3.05) is 11.5 Å². The number of nitrogens with one attached hydrogen (secondary N) is 2. The van der Waals surface area contributed by atoms with Crippen molar-refractivity contribution in [2.24, 2.45) is 0 Å². The highest BCUT2D eigenvalue weighted by Gasteiger charge is 2.19. The van der Waals surface area contributed by atoms with E-state index in [2.05, 4.69) is 15.3 Å². The zero-order chi connectivity index (χ0) is 14.7. The molecule has 2 aromatic rings. The minimum Gasteiger partial charge on any atom is -0.480 e. The number of carbonyl (C=O) groups is 2. The summed E-state index contributed by atoms with van der Waals surface area (Å²) in [6.45, 7) is 1.28. The second-order valence-corrected chi connectivity index (χ2v) is 5.23. The van der Waals surface area contributed by atoms with Crippen LogP contribution in [0.15, 0.2) is 23.4 Å². The SMILES string of the molecule is CC(=O)NC(CSc1nc2ccc(N)cc2[nH]1)C(=O)O. The molecular weight excluding hydrogens is 280 g/mol. The third-order valence-corrected chi connectivity index (χ3v) is 3.51. The highest BCUT2D eigenvalue weighted by Crippen LogP contribution is 2.21. The number of nitrogens with zero attached hydrogens (tertiary/aromatic N) is 1. The highest BCUT2D eigenvalue weighted by molar-refractivity contribution is 7.99. The van der Waals surface area contributed by atoms with Crippen molar-refractivity contribution in [1.29, 1.82) is 0 Å². The molecule has 1 amide bonds. The number of nitrogens with two attached hydrogens (primary N) is 1. The first kappa shape index (κ1) is 14.2. The number of hydrogen-bond donors (Lipinski definition) is 4. The van der Waals surface area contributed by atoms with Crippen molar-refractivity contribution in [1.82, 2.24) is 15.3 Å². The first-order chi connectivity index (χ1) is 9.45. The van der Waals surface area contributed by atoms with E-state index in [-0.39, 0.29) is 11.7 Å². The van der Waals surface area contributed by atoms with Crippen LogP contribution in [-0.4, -0.2) is 38.7 Å². The molecule has 0 aliphatic rings.